The fourth-order valence-corrected chi connectivity index (χ4v) is 0.476. The molecule has 0 aliphatic heterocycles. The highest BCUT2D eigenvalue weighted by Gasteiger charge is 1.91. The zero-order valence-corrected chi connectivity index (χ0v) is 6.22. The zero-order valence-electron chi connectivity index (χ0n) is 4.59. The maximum atomic E-state index is 9.86. The Hall–Kier alpha value is -0.420. The molecular formula is C4H6NO2S2-. The van der Waals surface area contributed by atoms with Crippen molar-refractivity contribution in [2.24, 2.45) is 0 Å². The number of rotatable bonds is 3. The van der Waals surface area contributed by atoms with Crippen molar-refractivity contribution in [3.8, 4) is 0 Å². The number of hydrogen-bond donors (Lipinski definition) is 2. The van der Waals surface area contributed by atoms with E-state index >= 15 is 0 Å². The lowest BCUT2D eigenvalue weighted by Crippen LogP contribution is -2.21. The Balaban J connectivity index is 3.10. The summed E-state index contributed by atoms with van der Waals surface area (Å²) in [6, 6.07) is 0. The van der Waals surface area contributed by atoms with Gasteiger partial charge < -0.3 is 35.3 Å². The molecule has 0 atom stereocenters. The lowest BCUT2D eigenvalue weighted by Gasteiger charge is -2.05. The van der Waals surface area contributed by atoms with E-state index in [2.05, 4.69) is 30.2 Å². The van der Waals surface area contributed by atoms with Crippen molar-refractivity contribution in [1.82, 2.24) is 5.32 Å². The quantitative estimate of drug-likeness (QED) is 0.450. The topological polar surface area (TPSA) is 49.3 Å². The third-order valence-electron chi connectivity index (χ3n) is 0.608. The van der Waals surface area contributed by atoms with Crippen molar-refractivity contribution >= 4 is 35.1 Å². The molecule has 0 spiro atoms. The fourth-order valence-electron chi connectivity index (χ4n) is 0.271. The molecule has 0 aliphatic rings. The molecule has 0 saturated heterocycles. The smallest absolute Gasteiger partial charge is 0.305 e. The summed E-state index contributed by atoms with van der Waals surface area (Å²) < 4.78 is 0.219. The van der Waals surface area contributed by atoms with Crippen molar-refractivity contribution in [1.29, 1.82) is 0 Å². The average molecular weight is 164 g/mol. The summed E-state index contributed by atoms with van der Waals surface area (Å²) in [6.07, 6.45) is 0.0524. The van der Waals surface area contributed by atoms with E-state index in [1.165, 1.54) is 0 Å². The lowest BCUT2D eigenvalue weighted by atomic mass is 10.4. The van der Waals surface area contributed by atoms with Crippen LogP contribution in [0.5, 0.6) is 0 Å². The number of nitrogens with one attached hydrogen (secondary N) is 1. The van der Waals surface area contributed by atoms with Gasteiger partial charge in [-0.3, -0.25) is 4.79 Å². The SMILES string of the molecule is O=C(O)CCNC(=S)[S-]. The van der Waals surface area contributed by atoms with Crippen molar-refractivity contribution in [2.45, 2.75) is 6.42 Å². The minimum absolute atomic E-state index is 0.0524. The molecule has 0 radical (unpaired) electrons. The molecule has 0 amide bonds. The molecule has 0 fully saturated rings. The lowest BCUT2D eigenvalue weighted by molar-refractivity contribution is -0.136. The van der Waals surface area contributed by atoms with Crippen LogP contribution < -0.4 is 5.32 Å². The first-order valence-corrected chi connectivity index (χ1v) is 3.11. The van der Waals surface area contributed by atoms with E-state index in [0.717, 1.165) is 0 Å². The Morgan fingerprint density at radius 2 is 2.33 bits per heavy atom. The molecule has 5 heteroatoms. The average Bonchev–Trinajstić information content (AvgIpc) is 1.63. The Morgan fingerprint density at radius 3 is 2.67 bits per heavy atom. The highest BCUT2D eigenvalue weighted by atomic mass is 32.1. The number of carboxylic acid groups (broad SMARTS) is 1. The van der Waals surface area contributed by atoms with Crippen LogP contribution in [0.2, 0.25) is 0 Å². The molecule has 0 saturated carbocycles. The van der Waals surface area contributed by atoms with Gasteiger partial charge in [-0.2, -0.15) is 0 Å². The van der Waals surface area contributed by atoms with Crippen LogP contribution in [0, 0.1) is 0 Å². The van der Waals surface area contributed by atoms with Crippen LogP contribution in [0.1, 0.15) is 6.42 Å². The summed E-state index contributed by atoms with van der Waals surface area (Å²) in [5.41, 5.74) is 0. The van der Waals surface area contributed by atoms with E-state index in [1.54, 1.807) is 0 Å². The second-order valence-corrected chi connectivity index (χ2v) is 2.43. The van der Waals surface area contributed by atoms with Gasteiger partial charge in [-0.05, 0) is 0 Å². The molecule has 9 heavy (non-hydrogen) atoms. The number of hydrogen-bond acceptors (Lipinski definition) is 3. The van der Waals surface area contributed by atoms with Crippen molar-refractivity contribution in [2.75, 3.05) is 6.54 Å². The van der Waals surface area contributed by atoms with Gasteiger partial charge in [0.2, 0.25) is 0 Å². The second kappa shape index (κ2) is 4.46. The van der Waals surface area contributed by atoms with E-state index in [-0.39, 0.29) is 10.7 Å². The van der Waals surface area contributed by atoms with Gasteiger partial charge in [0.25, 0.3) is 0 Å². The second-order valence-electron chi connectivity index (χ2n) is 1.36. The molecule has 0 rings (SSSR count). The first-order valence-electron chi connectivity index (χ1n) is 2.29. The molecule has 52 valence electrons. The van der Waals surface area contributed by atoms with Gasteiger partial charge in [-0.1, -0.05) is 4.32 Å². The maximum absolute atomic E-state index is 9.86. The van der Waals surface area contributed by atoms with Crippen molar-refractivity contribution in [3.05, 3.63) is 0 Å². The standard InChI is InChI=1S/C4H7NO2S2/c6-3(7)1-2-5-4(8)9/h1-2H2,(H,6,7)(H2,5,8,9)/p-1. The van der Waals surface area contributed by atoms with Gasteiger partial charge in [0.1, 0.15) is 0 Å². The Kier molecular flexibility index (Phi) is 4.25. The highest BCUT2D eigenvalue weighted by molar-refractivity contribution is 8.00. The van der Waals surface area contributed by atoms with E-state index in [4.69, 9.17) is 5.11 Å². The number of carboxylic acids is 1. The van der Waals surface area contributed by atoms with Crippen LogP contribution in [0.3, 0.4) is 0 Å². The third kappa shape index (κ3) is 7.58. The predicted molar refractivity (Wildman–Crippen MR) is 40.2 cm³/mol. The molecule has 0 aromatic carbocycles. The monoisotopic (exact) mass is 164 g/mol. The van der Waals surface area contributed by atoms with Crippen LogP contribution in [-0.2, 0) is 17.4 Å². The van der Waals surface area contributed by atoms with Crippen molar-refractivity contribution in [3.63, 3.8) is 0 Å². The first-order chi connectivity index (χ1) is 4.13. The van der Waals surface area contributed by atoms with Gasteiger partial charge in [0, 0.05) is 6.54 Å². The largest absolute Gasteiger partial charge is 0.481 e. The van der Waals surface area contributed by atoms with Crippen LogP contribution in [0.4, 0.5) is 0 Å². The summed E-state index contributed by atoms with van der Waals surface area (Å²) in [5.74, 6) is -0.853. The van der Waals surface area contributed by atoms with Gasteiger partial charge in [0.05, 0.1) is 6.42 Å². The molecule has 2 N–H and O–H groups in total. The van der Waals surface area contributed by atoms with E-state index < -0.39 is 5.97 Å². The normalized spacial score (nSPS) is 8.44. The van der Waals surface area contributed by atoms with Gasteiger partial charge in [0.15, 0.2) is 0 Å². The molecule has 0 unspecified atom stereocenters. The summed E-state index contributed by atoms with van der Waals surface area (Å²) in [4.78, 5) is 9.86. The summed E-state index contributed by atoms with van der Waals surface area (Å²) in [6.45, 7) is 0.317. The molecule has 0 heterocycles. The molecule has 0 bridgehead atoms. The fraction of sp³-hybridized carbons (Fsp3) is 0.500. The first kappa shape index (κ1) is 8.58. The minimum atomic E-state index is -0.853. The Bertz CT molecular complexity index is 112. The minimum Gasteiger partial charge on any atom is -0.481 e. The zero-order chi connectivity index (χ0) is 7.28. The van der Waals surface area contributed by atoms with Crippen molar-refractivity contribution < 1.29 is 9.90 Å². The maximum Gasteiger partial charge on any atom is 0.305 e. The molecule has 0 aliphatic carbocycles. The molecule has 0 aromatic heterocycles. The highest BCUT2D eigenvalue weighted by Crippen LogP contribution is 1.74. The van der Waals surface area contributed by atoms with Crippen LogP contribution in [-0.4, -0.2) is 21.9 Å². The number of carbonyl (C=O) groups is 1. The Morgan fingerprint density at radius 1 is 1.78 bits per heavy atom. The van der Waals surface area contributed by atoms with E-state index in [9.17, 15) is 4.79 Å². The molecule has 0 aromatic rings. The Labute approximate surface area is 63.9 Å². The molecular weight excluding hydrogens is 158 g/mol. The van der Waals surface area contributed by atoms with Crippen LogP contribution in [0.25, 0.3) is 0 Å². The van der Waals surface area contributed by atoms with Crippen LogP contribution >= 0.6 is 12.2 Å². The third-order valence-corrected chi connectivity index (χ3v) is 0.897. The van der Waals surface area contributed by atoms with E-state index in [0.29, 0.717) is 6.54 Å². The summed E-state index contributed by atoms with van der Waals surface area (Å²) in [5, 5.41) is 10.7. The van der Waals surface area contributed by atoms with Gasteiger partial charge in [-0.15, -0.1) is 0 Å². The summed E-state index contributed by atoms with van der Waals surface area (Å²) >= 11 is 8.92. The van der Waals surface area contributed by atoms with E-state index in [1.807, 2.05) is 0 Å². The summed E-state index contributed by atoms with van der Waals surface area (Å²) in [7, 11) is 0. The predicted octanol–water partition coefficient (Wildman–Crippen LogP) is -0.117. The number of thiocarbonyl (C=S) groups is 1. The number of aliphatic carboxylic acids is 1. The van der Waals surface area contributed by atoms with Gasteiger partial charge in [-0.25, -0.2) is 0 Å². The van der Waals surface area contributed by atoms with Gasteiger partial charge >= 0.3 is 5.97 Å². The molecule has 3 nitrogen and oxygen atoms in total. The van der Waals surface area contributed by atoms with Crippen LogP contribution in [0.15, 0.2) is 0 Å².